The number of alkyl halides is 3. The Morgan fingerprint density at radius 1 is 1.18 bits per heavy atom. The zero-order valence-corrected chi connectivity index (χ0v) is 18.3. The number of hydrogen-bond donors (Lipinski definition) is 1. The van der Waals surface area contributed by atoms with Crippen LogP contribution in [0.15, 0.2) is 41.9 Å². The number of benzene rings is 2. The molecule has 33 heavy (non-hydrogen) atoms. The molecule has 7 nitrogen and oxygen atoms in total. The van der Waals surface area contributed by atoms with Crippen molar-refractivity contribution in [3.8, 4) is 0 Å². The molecule has 3 aromatic rings. The topological polar surface area (TPSA) is 80.8 Å². The summed E-state index contributed by atoms with van der Waals surface area (Å²) >= 11 is 1.36. The first kappa shape index (κ1) is 23.0. The summed E-state index contributed by atoms with van der Waals surface area (Å²) in [5.74, 6) is -1.46. The molecule has 4 rings (SSSR count). The fraction of sp³-hybridized carbons (Fsp3) is 0.318. The first-order chi connectivity index (χ1) is 15.7. The van der Waals surface area contributed by atoms with Crippen LogP contribution in [0.3, 0.4) is 0 Å². The highest BCUT2D eigenvalue weighted by Gasteiger charge is 2.32. The summed E-state index contributed by atoms with van der Waals surface area (Å²) in [5, 5.41) is 2.50. The van der Waals surface area contributed by atoms with Crippen molar-refractivity contribution < 1.29 is 32.2 Å². The minimum atomic E-state index is -4.57. The van der Waals surface area contributed by atoms with Crippen molar-refractivity contribution in [1.82, 2.24) is 4.98 Å². The average molecular weight is 479 g/mol. The van der Waals surface area contributed by atoms with E-state index in [1.54, 1.807) is 23.7 Å². The highest BCUT2D eigenvalue weighted by molar-refractivity contribution is 7.16. The second-order valence-electron chi connectivity index (χ2n) is 7.40. The van der Waals surface area contributed by atoms with Crippen molar-refractivity contribution in [1.29, 1.82) is 0 Å². The van der Waals surface area contributed by atoms with Gasteiger partial charge >= 0.3 is 12.1 Å². The van der Waals surface area contributed by atoms with Gasteiger partial charge in [0.1, 0.15) is 0 Å². The Morgan fingerprint density at radius 3 is 2.67 bits per heavy atom. The van der Waals surface area contributed by atoms with Gasteiger partial charge < -0.3 is 19.7 Å². The molecule has 2 heterocycles. The van der Waals surface area contributed by atoms with E-state index in [2.05, 4.69) is 10.3 Å². The highest BCUT2D eigenvalue weighted by Crippen LogP contribution is 2.36. The van der Waals surface area contributed by atoms with E-state index in [9.17, 15) is 22.8 Å². The second-order valence-corrected chi connectivity index (χ2v) is 8.29. The number of anilines is 2. The Kier molecular flexibility index (Phi) is 6.52. The monoisotopic (exact) mass is 479 g/mol. The molecule has 1 aliphatic rings. The minimum Gasteiger partial charge on any atom is -0.449 e. The Hall–Kier alpha value is -3.18. The summed E-state index contributed by atoms with van der Waals surface area (Å²) in [6.07, 6.45) is -5.81. The van der Waals surface area contributed by atoms with Gasteiger partial charge in [0.15, 0.2) is 6.10 Å². The van der Waals surface area contributed by atoms with Gasteiger partial charge in [0, 0.05) is 13.1 Å². The SMILES string of the molecule is C[C@H](OC(=O)c1ccc2ncsc2c1)C(=O)Nc1cc(C(F)(F)F)ccc1N1CCOCC1. The van der Waals surface area contributed by atoms with Crippen LogP contribution in [0.1, 0.15) is 22.8 Å². The lowest BCUT2D eigenvalue weighted by Crippen LogP contribution is -2.37. The Labute approximate surface area is 191 Å². The van der Waals surface area contributed by atoms with Crippen LogP contribution in [0, 0.1) is 0 Å². The number of amides is 1. The van der Waals surface area contributed by atoms with E-state index in [0.29, 0.717) is 32.0 Å². The number of hydrogen-bond acceptors (Lipinski definition) is 7. The minimum absolute atomic E-state index is 0.00861. The molecule has 1 aliphatic heterocycles. The van der Waals surface area contributed by atoms with Crippen LogP contribution in [0.5, 0.6) is 0 Å². The zero-order chi connectivity index (χ0) is 23.6. The summed E-state index contributed by atoms with van der Waals surface area (Å²) < 4.78 is 51.1. The van der Waals surface area contributed by atoms with Crippen molar-refractivity contribution in [2.45, 2.75) is 19.2 Å². The molecule has 11 heteroatoms. The predicted octanol–water partition coefficient (Wildman–Crippen LogP) is 4.34. The number of carbonyl (C=O) groups excluding carboxylic acids is 2. The normalized spacial score (nSPS) is 15.3. The number of nitrogens with zero attached hydrogens (tertiary/aromatic N) is 2. The van der Waals surface area contributed by atoms with Crippen LogP contribution in [0.2, 0.25) is 0 Å². The van der Waals surface area contributed by atoms with Crippen molar-refractivity contribution in [3.63, 3.8) is 0 Å². The van der Waals surface area contributed by atoms with Gasteiger partial charge in [-0.3, -0.25) is 4.79 Å². The first-order valence-electron chi connectivity index (χ1n) is 10.1. The molecule has 1 amide bonds. The van der Waals surface area contributed by atoms with Crippen molar-refractivity contribution in [3.05, 3.63) is 53.0 Å². The van der Waals surface area contributed by atoms with Gasteiger partial charge in [-0.1, -0.05) is 0 Å². The van der Waals surface area contributed by atoms with E-state index >= 15 is 0 Å². The van der Waals surface area contributed by atoms with E-state index in [-0.39, 0.29) is 11.3 Å². The average Bonchev–Trinajstić information content (AvgIpc) is 3.27. The highest BCUT2D eigenvalue weighted by atomic mass is 32.1. The number of halogens is 3. The maximum atomic E-state index is 13.3. The second kappa shape index (κ2) is 9.36. The van der Waals surface area contributed by atoms with Crippen molar-refractivity contribution >= 4 is 44.8 Å². The number of rotatable bonds is 5. The summed E-state index contributed by atoms with van der Waals surface area (Å²) in [6, 6.07) is 8.01. The van der Waals surface area contributed by atoms with Crippen LogP contribution < -0.4 is 10.2 Å². The van der Waals surface area contributed by atoms with E-state index < -0.39 is 29.7 Å². The molecule has 0 spiro atoms. The van der Waals surface area contributed by atoms with Gasteiger partial charge in [-0.25, -0.2) is 9.78 Å². The van der Waals surface area contributed by atoms with Crippen LogP contribution in [-0.2, 0) is 20.4 Å². The molecule has 0 unspecified atom stereocenters. The number of ether oxygens (including phenoxy) is 2. The molecule has 2 aromatic carbocycles. The lowest BCUT2D eigenvalue weighted by Gasteiger charge is -2.31. The number of nitrogens with one attached hydrogen (secondary N) is 1. The standard InChI is InChI=1S/C22H20F3N3O4S/c1-13(32-21(30)14-2-4-16-19(10-14)33-12-26-16)20(29)27-17-11-15(22(23,24)25)3-5-18(17)28-6-8-31-9-7-28/h2-5,10-13H,6-9H2,1H3,(H,27,29)/t13-/m0/s1. The maximum absolute atomic E-state index is 13.3. The zero-order valence-electron chi connectivity index (χ0n) is 17.5. The molecular weight excluding hydrogens is 459 g/mol. The largest absolute Gasteiger partial charge is 0.449 e. The fourth-order valence-corrected chi connectivity index (χ4v) is 4.11. The first-order valence-corrected chi connectivity index (χ1v) is 11.0. The number of thiazole rings is 1. The molecule has 0 bridgehead atoms. The number of morpholine rings is 1. The predicted molar refractivity (Wildman–Crippen MR) is 118 cm³/mol. The summed E-state index contributed by atoms with van der Waals surface area (Å²) in [4.78, 5) is 31.2. The number of carbonyl (C=O) groups is 2. The summed E-state index contributed by atoms with van der Waals surface area (Å²) in [6.45, 7) is 3.15. The quantitative estimate of drug-likeness (QED) is 0.549. The van der Waals surface area contributed by atoms with Crippen LogP contribution >= 0.6 is 11.3 Å². The van der Waals surface area contributed by atoms with Gasteiger partial charge in [-0.15, -0.1) is 11.3 Å². The van der Waals surface area contributed by atoms with Crippen LogP contribution in [0.4, 0.5) is 24.5 Å². The summed E-state index contributed by atoms with van der Waals surface area (Å²) in [5.41, 5.74) is 2.18. The lowest BCUT2D eigenvalue weighted by molar-refractivity contribution is -0.137. The smallest absolute Gasteiger partial charge is 0.416 e. The van der Waals surface area contributed by atoms with Crippen molar-refractivity contribution in [2.75, 3.05) is 36.5 Å². The van der Waals surface area contributed by atoms with Gasteiger partial charge in [0.2, 0.25) is 0 Å². The van der Waals surface area contributed by atoms with E-state index in [4.69, 9.17) is 9.47 Å². The number of fused-ring (bicyclic) bond motifs is 1. The molecule has 1 N–H and O–H groups in total. The number of esters is 1. The van der Waals surface area contributed by atoms with Gasteiger partial charge in [0.25, 0.3) is 5.91 Å². The van der Waals surface area contributed by atoms with E-state index in [1.807, 2.05) is 4.90 Å². The third kappa shape index (κ3) is 5.25. The Balaban J connectivity index is 1.51. The van der Waals surface area contributed by atoms with Crippen molar-refractivity contribution in [2.24, 2.45) is 0 Å². The number of aromatic nitrogens is 1. The van der Waals surface area contributed by atoms with Gasteiger partial charge in [-0.2, -0.15) is 13.2 Å². The molecule has 0 radical (unpaired) electrons. The van der Waals surface area contributed by atoms with E-state index in [1.165, 1.54) is 24.3 Å². The molecule has 1 aromatic heterocycles. The van der Waals surface area contributed by atoms with E-state index in [0.717, 1.165) is 22.3 Å². The van der Waals surface area contributed by atoms with Gasteiger partial charge in [-0.05, 0) is 43.3 Å². The Bertz CT molecular complexity index is 1180. The molecular formula is C22H20F3N3O4S. The van der Waals surface area contributed by atoms with Crippen LogP contribution in [0.25, 0.3) is 10.2 Å². The molecule has 1 fully saturated rings. The molecule has 0 saturated carbocycles. The third-order valence-electron chi connectivity index (χ3n) is 5.15. The summed E-state index contributed by atoms with van der Waals surface area (Å²) in [7, 11) is 0. The lowest BCUT2D eigenvalue weighted by atomic mass is 10.1. The maximum Gasteiger partial charge on any atom is 0.416 e. The van der Waals surface area contributed by atoms with Crippen LogP contribution in [-0.4, -0.2) is 49.3 Å². The molecule has 174 valence electrons. The molecule has 1 saturated heterocycles. The molecule has 1 atom stereocenters. The molecule has 0 aliphatic carbocycles. The third-order valence-corrected chi connectivity index (χ3v) is 5.95. The van der Waals surface area contributed by atoms with Gasteiger partial charge in [0.05, 0.1) is 51.4 Å². The fourth-order valence-electron chi connectivity index (χ4n) is 3.39. The Morgan fingerprint density at radius 2 is 1.94 bits per heavy atom.